The van der Waals surface area contributed by atoms with Gasteiger partial charge in [0.15, 0.2) is 5.92 Å². The highest BCUT2D eigenvalue weighted by Gasteiger charge is 2.66. The predicted octanol–water partition coefficient (Wildman–Crippen LogP) is 3.84. The summed E-state index contributed by atoms with van der Waals surface area (Å²) < 4.78 is 10.8. The van der Waals surface area contributed by atoms with Gasteiger partial charge in [0.05, 0.1) is 30.7 Å². The second-order valence-corrected chi connectivity index (χ2v) is 11.3. The van der Waals surface area contributed by atoms with Gasteiger partial charge in [-0.2, -0.15) is 0 Å². The molecule has 190 valence electrons. The van der Waals surface area contributed by atoms with Crippen molar-refractivity contribution in [1.82, 2.24) is 0 Å². The molecule has 0 saturated heterocycles. The van der Waals surface area contributed by atoms with Crippen molar-refractivity contribution in [1.29, 1.82) is 0 Å². The van der Waals surface area contributed by atoms with Gasteiger partial charge >= 0.3 is 11.9 Å². The van der Waals surface area contributed by atoms with Crippen molar-refractivity contribution in [3.8, 4) is 0 Å². The third kappa shape index (κ3) is 3.79. The number of aliphatic hydroxyl groups is 2. The zero-order valence-electron chi connectivity index (χ0n) is 20.9. The molecule has 2 fully saturated rings. The van der Waals surface area contributed by atoms with Crippen molar-refractivity contribution >= 4 is 11.9 Å². The van der Waals surface area contributed by atoms with Crippen LogP contribution >= 0.6 is 0 Å². The monoisotopic (exact) mass is 476 g/mol. The lowest BCUT2D eigenvalue weighted by molar-refractivity contribution is -0.181. The number of carbonyl (C=O) groups excluding carboxylic acids is 1. The van der Waals surface area contributed by atoms with Crippen LogP contribution in [0.4, 0.5) is 0 Å². The third-order valence-electron chi connectivity index (χ3n) is 9.73. The van der Waals surface area contributed by atoms with Crippen LogP contribution in [0.15, 0.2) is 23.5 Å². The number of carbonyl (C=O) groups is 2. The number of aliphatic hydroxyl groups excluding tert-OH is 1. The van der Waals surface area contributed by atoms with Crippen LogP contribution in [0.25, 0.3) is 0 Å². The second kappa shape index (κ2) is 8.98. The molecule has 4 rings (SSSR count). The first-order chi connectivity index (χ1) is 16.0. The molecule has 8 atom stereocenters. The Hall–Kier alpha value is -1.86. The highest BCUT2D eigenvalue weighted by Crippen LogP contribution is 2.67. The van der Waals surface area contributed by atoms with E-state index in [0.29, 0.717) is 19.4 Å². The Morgan fingerprint density at radius 2 is 1.94 bits per heavy atom. The van der Waals surface area contributed by atoms with Gasteiger partial charge < -0.3 is 24.8 Å². The van der Waals surface area contributed by atoms with Gasteiger partial charge in [0.2, 0.25) is 0 Å². The van der Waals surface area contributed by atoms with E-state index in [1.807, 2.05) is 13.8 Å². The lowest BCUT2D eigenvalue weighted by Crippen LogP contribution is -2.59. The number of carboxylic acids is 1. The highest BCUT2D eigenvalue weighted by molar-refractivity contribution is 5.94. The zero-order chi connectivity index (χ0) is 24.9. The maximum Gasteiger partial charge on any atom is 0.320 e. The lowest BCUT2D eigenvalue weighted by Gasteiger charge is -2.60. The fourth-order valence-electron chi connectivity index (χ4n) is 8.01. The minimum absolute atomic E-state index is 0.0766. The molecular formula is C27H40O7. The van der Waals surface area contributed by atoms with Crippen LogP contribution < -0.4 is 0 Å². The Morgan fingerprint density at radius 1 is 1.21 bits per heavy atom. The van der Waals surface area contributed by atoms with E-state index < -0.39 is 35.0 Å². The van der Waals surface area contributed by atoms with Crippen molar-refractivity contribution in [2.24, 2.45) is 34.5 Å². The van der Waals surface area contributed by atoms with Crippen LogP contribution in [0.1, 0.15) is 72.6 Å². The molecule has 0 aromatic heterocycles. The van der Waals surface area contributed by atoms with E-state index in [4.69, 9.17) is 9.47 Å². The largest absolute Gasteiger partial charge is 0.498 e. The first-order valence-electron chi connectivity index (χ1n) is 12.8. The van der Waals surface area contributed by atoms with Gasteiger partial charge in [0.25, 0.3) is 0 Å². The van der Waals surface area contributed by atoms with Crippen molar-refractivity contribution in [2.75, 3.05) is 13.2 Å². The molecule has 7 heteroatoms. The summed E-state index contributed by atoms with van der Waals surface area (Å²) in [6, 6.07) is 0. The number of allylic oxidation sites excluding steroid dienone is 4. The van der Waals surface area contributed by atoms with Crippen molar-refractivity contribution in [3.05, 3.63) is 23.5 Å². The van der Waals surface area contributed by atoms with E-state index in [2.05, 4.69) is 19.1 Å². The molecule has 34 heavy (non-hydrogen) atoms. The summed E-state index contributed by atoms with van der Waals surface area (Å²) >= 11 is 0. The number of rotatable bonds is 7. The minimum atomic E-state index is -1.41. The van der Waals surface area contributed by atoms with E-state index >= 15 is 0 Å². The molecule has 4 aliphatic carbocycles. The maximum absolute atomic E-state index is 12.4. The quantitative estimate of drug-likeness (QED) is 0.378. The molecule has 4 aliphatic rings. The fraction of sp³-hybridized carbons (Fsp3) is 0.778. The normalized spacial score (nSPS) is 41.8. The third-order valence-corrected chi connectivity index (χ3v) is 9.73. The molecule has 0 amide bonds. The zero-order valence-corrected chi connectivity index (χ0v) is 20.9. The molecule has 0 aliphatic heterocycles. The van der Waals surface area contributed by atoms with E-state index in [9.17, 15) is 24.9 Å². The second-order valence-electron chi connectivity index (χ2n) is 11.3. The van der Waals surface area contributed by atoms with Crippen LogP contribution in [0.3, 0.4) is 0 Å². The van der Waals surface area contributed by atoms with Gasteiger partial charge in [0.1, 0.15) is 0 Å². The summed E-state index contributed by atoms with van der Waals surface area (Å²) in [5.74, 6) is -2.06. The summed E-state index contributed by atoms with van der Waals surface area (Å²) in [5.41, 5.74) is -0.929. The molecule has 0 bridgehead atoms. The summed E-state index contributed by atoms with van der Waals surface area (Å²) in [7, 11) is 0. The Kier molecular flexibility index (Phi) is 6.66. The van der Waals surface area contributed by atoms with Gasteiger partial charge in [-0.1, -0.05) is 19.9 Å². The average molecular weight is 477 g/mol. The van der Waals surface area contributed by atoms with Crippen LogP contribution in [-0.4, -0.2) is 52.2 Å². The molecule has 2 saturated carbocycles. The summed E-state index contributed by atoms with van der Waals surface area (Å²) in [6.07, 6.45) is 7.82. The van der Waals surface area contributed by atoms with Crippen LogP contribution in [-0.2, 0) is 19.1 Å². The average Bonchev–Trinajstić information content (AvgIpc) is 3.02. The van der Waals surface area contributed by atoms with Crippen LogP contribution in [0.2, 0.25) is 0 Å². The molecule has 3 N–H and O–H groups in total. The van der Waals surface area contributed by atoms with Gasteiger partial charge in [0, 0.05) is 18.3 Å². The Labute approximate surface area is 202 Å². The first kappa shape index (κ1) is 25.2. The molecule has 0 aromatic rings. The molecule has 0 heterocycles. The van der Waals surface area contributed by atoms with Crippen LogP contribution in [0.5, 0.6) is 0 Å². The number of fused-ring (bicyclic) bond motifs is 5. The number of hydrogen-bond donors (Lipinski definition) is 3. The minimum Gasteiger partial charge on any atom is -0.498 e. The van der Waals surface area contributed by atoms with Crippen molar-refractivity contribution < 1.29 is 34.4 Å². The van der Waals surface area contributed by atoms with Crippen molar-refractivity contribution in [2.45, 2.75) is 84.3 Å². The van der Waals surface area contributed by atoms with Gasteiger partial charge in [-0.25, -0.2) is 0 Å². The number of ether oxygens (including phenoxy) is 2. The summed E-state index contributed by atoms with van der Waals surface area (Å²) in [5, 5.41) is 33.1. The molecule has 7 nitrogen and oxygen atoms in total. The standard InChI is InChI=1S/C27H40O7/c1-5-33-17-9-11-25(3)16(13-17)7-8-18-20-10-12-27(32,26(20,4)15-21(28)22(18)25)14-19(23(29)30)24(31)34-6-2/h7,13,18-22,28,32H,5-6,8-12,14-15H2,1-4H3,(H,29,30)/t18-,19?,20-,21+,22+,25-,26-,27-/m0/s1. The number of carboxylic acid groups (broad SMARTS) is 1. The summed E-state index contributed by atoms with van der Waals surface area (Å²) in [4.78, 5) is 24.2. The number of hydrogen-bond acceptors (Lipinski definition) is 6. The fourth-order valence-corrected chi connectivity index (χ4v) is 8.01. The van der Waals surface area contributed by atoms with E-state index in [1.165, 1.54) is 5.57 Å². The van der Waals surface area contributed by atoms with Crippen molar-refractivity contribution in [3.63, 3.8) is 0 Å². The smallest absolute Gasteiger partial charge is 0.320 e. The predicted molar refractivity (Wildman–Crippen MR) is 126 cm³/mol. The SMILES string of the molecule is CCOC(=O)C(C[C@@]1(O)CC[C@H]2[C@@H]3CC=C4C=C(OCC)CC[C@]4(C)[C@H]3[C@H](O)C[C@@]21C)C(=O)O. The Bertz CT molecular complexity index is 893. The van der Waals surface area contributed by atoms with E-state index in [1.54, 1.807) is 6.92 Å². The topological polar surface area (TPSA) is 113 Å². The van der Waals surface area contributed by atoms with Gasteiger partial charge in [-0.3, -0.25) is 9.59 Å². The van der Waals surface area contributed by atoms with Gasteiger partial charge in [-0.05, 0) is 80.8 Å². The maximum atomic E-state index is 12.4. The molecule has 0 spiro atoms. The highest BCUT2D eigenvalue weighted by atomic mass is 16.5. The molecule has 0 aromatic carbocycles. The Morgan fingerprint density at radius 3 is 2.59 bits per heavy atom. The van der Waals surface area contributed by atoms with Crippen LogP contribution in [0, 0.1) is 34.5 Å². The molecule has 1 unspecified atom stereocenters. The first-order valence-corrected chi connectivity index (χ1v) is 12.8. The van der Waals surface area contributed by atoms with E-state index in [-0.39, 0.29) is 36.2 Å². The summed E-state index contributed by atoms with van der Waals surface area (Å²) in [6.45, 7) is 8.61. The molecular weight excluding hydrogens is 436 g/mol. The molecule has 0 radical (unpaired) electrons. The Balaban J connectivity index is 1.64. The van der Waals surface area contributed by atoms with Gasteiger partial charge in [-0.15, -0.1) is 0 Å². The number of aliphatic carboxylic acids is 1. The lowest BCUT2D eigenvalue weighted by atomic mass is 9.46. The van der Waals surface area contributed by atoms with E-state index in [0.717, 1.165) is 31.4 Å². The number of esters is 1.